The summed E-state index contributed by atoms with van der Waals surface area (Å²) in [7, 11) is 0. The number of benzene rings is 1. The number of aromatic hydroxyl groups is 1. The van der Waals surface area contributed by atoms with Crippen LogP contribution in [-0.2, 0) is 11.2 Å². The maximum atomic E-state index is 12.3. The molecule has 0 aliphatic heterocycles. The lowest BCUT2D eigenvalue weighted by Crippen LogP contribution is -2.27. The summed E-state index contributed by atoms with van der Waals surface area (Å²) in [5, 5.41) is 14.4. The zero-order valence-corrected chi connectivity index (χ0v) is 16.0. The first kappa shape index (κ1) is 20.6. The van der Waals surface area contributed by atoms with Crippen molar-refractivity contribution < 1.29 is 14.6 Å². The van der Waals surface area contributed by atoms with E-state index < -0.39 is 6.09 Å². The standard InChI is InChI=1S/C19H27N5O3/c1-3-10-23(11-4-2)12-8-15-6-5-7-17-16(15)14-18(25)24(17)19(26)27-13-9-21-22-20/h5-7,14,25H,3-4,8-13H2,1-2H3. The van der Waals surface area contributed by atoms with Gasteiger partial charge in [-0.25, -0.2) is 9.36 Å². The molecule has 0 radical (unpaired) electrons. The Morgan fingerprint density at radius 1 is 1.30 bits per heavy atom. The molecule has 0 bridgehead atoms. The van der Waals surface area contributed by atoms with E-state index in [2.05, 4.69) is 28.8 Å². The van der Waals surface area contributed by atoms with Crippen LogP contribution in [0, 0.1) is 0 Å². The lowest BCUT2D eigenvalue weighted by Gasteiger charge is -2.21. The van der Waals surface area contributed by atoms with Crippen molar-refractivity contribution in [2.75, 3.05) is 32.8 Å². The molecule has 8 nitrogen and oxygen atoms in total. The van der Waals surface area contributed by atoms with Gasteiger partial charge in [0.05, 0.1) is 18.7 Å². The van der Waals surface area contributed by atoms with E-state index >= 15 is 0 Å². The minimum atomic E-state index is -0.689. The average Bonchev–Trinajstić information content (AvgIpc) is 3.00. The Labute approximate surface area is 159 Å². The van der Waals surface area contributed by atoms with Crippen LogP contribution in [0.15, 0.2) is 29.4 Å². The van der Waals surface area contributed by atoms with E-state index in [1.54, 1.807) is 12.1 Å². The van der Waals surface area contributed by atoms with E-state index in [4.69, 9.17) is 10.3 Å². The third kappa shape index (κ3) is 5.39. The molecule has 0 atom stereocenters. The summed E-state index contributed by atoms with van der Waals surface area (Å²) in [5.74, 6) is -0.162. The lowest BCUT2D eigenvalue weighted by molar-refractivity contribution is 0.150. The van der Waals surface area contributed by atoms with Gasteiger partial charge >= 0.3 is 6.09 Å². The molecule has 1 heterocycles. The van der Waals surface area contributed by atoms with Crippen molar-refractivity contribution in [2.24, 2.45) is 5.11 Å². The Hall–Kier alpha value is -2.70. The number of azide groups is 1. The van der Waals surface area contributed by atoms with Gasteiger partial charge in [0.2, 0.25) is 5.88 Å². The van der Waals surface area contributed by atoms with Gasteiger partial charge in [0, 0.05) is 22.9 Å². The van der Waals surface area contributed by atoms with Gasteiger partial charge in [-0.1, -0.05) is 31.1 Å². The molecule has 0 amide bonds. The number of fused-ring (bicyclic) bond motifs is 1. The first-order valence-electron chi connectivity index (χ1n) is 9.35. The third-order valence-electron chi connectivity index (χ3n) is 4.36. The maximum absolute atomic E-state index is 12.3. The fraction of sp³-hybridized carbons (Fsp3) is 0.526. The molecule has 27 heavy (non-hydrogen) atoms. The van der Waals surface area contributed by atoms with Crippen molar-refractivity contribution in [1.82, 2.24) is 9.47 Å². The molecule has 2 rings (SSSR count). The maximum Gasteiger partial charge on any atom is 0.421 e. The van der Waals surface area contributed by atoms with Crippen LogP contribution >= 0.6 is 0 Å². The van der Waals surface area contributed by atoms with Gasteiger partial charge in [-0.15, -0.1) is 0 Å². The van der Waals surface area contributed by atoms with Crippen LogP contribution in [0.2, 0.25) is 0 Å². The van der Waals surface area contributed by atoms with Gasteiger partial charge in [-0.2, -0.15) is 0 Å². The molecule has 0 spiro atoms. The minimum Gasteiger partial charge on any atom is -0.494 e. The van der Waals surface area contributed by atoms with Crippen molar-refractivity contribution in [3.05, 3.63) is 40.3 Å². The number of hydrogen-bond donors (Lipinski definition) is 1. The average molecular weight is 373 g/mol. The molecule has 2 aromatic rings. The SMILES string of the molecule is CCCN(CCC)CCc1cccc2c1cc(O)n2C(=O)OCCN=[N+]=[N-]. The summed E-state index contributed by atoms with van der Waals surface area (Å²) >= 11 is 0. The molecule has 1 N–H and O–H groups in total. The Morgan fingerprint density at radius 3 is 2.70 bits per heavy atom. The molecule has 1 aromatic carbocycles. The predicted octanol–water partition coefficient (Wildman–Crippen LogP) is 4.31. The third-order valence-corrected chi connectivity index (χ3v) is 4.36. The molecule has 1 aromatic heterocycles. The fourth-order valence-corrected chi connectivity index (χ4v) is 3.22. The molecular formula is C19H27N5O3. The Morgan fingerprint density at radius 2 is 2.04 bits per heavy atom. The molecule has 0 saturated carbocycles. The van der Waals surface area contributed by atoms with E-state index in [9.17, 15) is 9.90 Å². The number of aromatic nitrogens is 1. The molecular weight excluding hydrogens is 346 g/mol. The second kappa shape index (κ2) is 10.4. The largest absolute Gasteiger partial charge is 0.494 e. The predicted molar refractivity (Wildman–Crippen MR) is 105 cm³/mol. The highest BCUT2D eigenvalue weighted by Crippen LogP contribution is 2.28. The van der Waals surface area contributed by atoms with Crippen molar-refractivity contribution in [2.45, 2.75) is 33.1 Å². The number of ether oxygens (including phenoxy) is 1. The highest BCUT2D eigenvalue weighted by molar-refractivity contribution is 5.93. The number of hydrogen-bond acceptors (Lipinski definition) is 5. The van der Waals surface area contributed by atoms with Crippen molar-refractivity contribution in [3.63, 3.8) is 0 Å². The van der Waals surface area contributed by atoms with Crippen LogP contribution in [0.25, 0.3) is 21.3 Å². The normalized spacial score (nSPS) is 10.9. The second-order valence-electron chi connectivity index (χ2n) is 6.35. The van der Waals surface area contributed by atoms with Crippen LogP contribution in [0.3, 0.4) is 0 Å². The topological polar surface area (TPSA) is 103 Å². The zero-order chi connectivity index (χ0) is 19.6. The van der Waals surface area contributed by atoms with E-state index in [1.807, 2.05) is 12.1 Å². The van der Waals surface area contributed by atoms with Gasteiger partial charge in [-0.3, -0.25) is 0 Å². The summed E-state index contributed by atoms with van der Waals surface area (Å²) in [6.07, 6.45) is 2.38. The Balaban J connectivity index is 2.18. The Kier molecular flexibility index (Phi) is 7.98. The van der Waals surface area contributed by atoms with Gasteiger partial charge in [-0.05, 0) is 49.5 Å². The highest BCUT2D eigenvalue weighted by atomic mass is 16.6. The fourth-order valence-electron chi connectivity index (χ4n) is 3.22. The molecule has 0 aliphatic rings. The quantitative estimate of drug-likeness (QED) is 0.290. The van der Waals surface area contributed by atoms with E-state index in [-0.39, 0.29) is 19.0 Å². The smallest absolute Gasteiger partial charge is 0.421 e. The number of carbonyl (C=O) groups excluding carboxylic acids is 1. The van der Waals surface area contributed by atoms with Gasteiger partial charge in [0.1, 0.15) is 0 Å². The Bertz CT molecular complexity index is 805. The molecule has 0 saturated heterocycles. The summed E-state index contributed by atoms with van der Waals surface area (Å²) in [4.78, 5) is 17.3. The van der Waals surface area contributed by atoms with Crippen LogP contribution in [0.5, 0.6) is 5.88 Å². The number of nitrogens with zero attached hydrogens (tertiary/aromatic N) is 5. The van der Waals surface area contributed by atoms with E-state index in [1.165, 1.54) is 0 Å². The summed E-state index contributed by atoms with van der Waals surface area (Å²) in [6.45, 7) is 7.43. The number of rotatable bonds is 10. The van der Waals surface area contributed by atoms with Gasteiger partial charge < -0.3 is 14.7 Å². The van der Waals surface area contributed by atoms with E-state index in [0.717, 1.165) is 54.4 Å². The summed E-state index contributed by atoms with van der Waals surface area (Å²) in [6, 6.07) is 7.28. The number of carbonyl (C=O) groups is 1. The van der Waals surface area contributed by atoms with E-state index in [0.29, 0.717) is 5.52 Å². The molecule has 0 aliphatic carbocycles. The molecule has 146 valence electrons. The van der Waals surface area contributed by atoms with Crippen LogP contribution in [0.4, 0.5) is 4.79 Å². The monoisotopic (exact) mass is 373 g/mol. The highest BCUT2D eigenvalue weighted by Gasteiger charge is 2.17. The van der Waals surface area contributed by atoms with Crippen LogP contribution in [0.1, 0.15) is 32.3 Å². The first-order valence-corrected chi connectivity index (χ1v) is 9.35. The van der Waals surface area contributed by atoms with Crippen LogP contribution < -0.4 is 0 Å². The van der Waals surface area contributed by atoms with Crippen molar-refractivity contribution >= 4 is 17.0 Å². The zero-order valence-electron chi connectivity index (χ0n) is 16.0. The first-order chi connectivity index (χ1) is 13.1. The lowest BCUT2D eigenvalue weighted by atomic mass is 10.1. The van der Waals surface area contributed by atoms with Gasteiger partial charge in [0.25, 0.3) is 0 Å². The van der Waals surface area contributed by atoms with Crippen molar-refractivity contribution in [3.8, 4) is 5.88 Å². The molecule has 8 heteroatoms. The minimum absolute atomic E-state index is 0.0370. The van der Waals surface area contributed by atoms with Gasteiger partial charge in [0.15, 0.2) is 0 Å². The molecule has 0 unspecified atom stereocenters. The van der Waals surface area contributed by atoms with Crippen molar-refractivity contribution in [1.29, 1.82) is 0 Å². The molecule has 0 fully saturated rings. The second-order valence-corrected chi connectivity index (χ2v) is 6.35. The summed E-state index contributed by atoms with van der Waals surface area (Å²) < 4.78 is 6.21. The summed E-state index contributed by atoms with van der Waals surface area (Å²) in [5.41, 5.74) is 9.95. The van der Waals surface area contributed by atoms with Crippen LogP contribution in [-0.4, -0.2) is 53.5 Å².